The second kappa shape index (κ2) is 5.62. The van der Waals surface area contributed by atoms with Crippen molar-refractivity contribution in [2.24, 2.45) is 0 Å². The molecule has 1 fully saturated rings. The highest BCUT2D eigenvalue weighted by atomic mass is 35.5. The Balaban J connectivity index is 2.41. The highest BCUT2D eigenvalue weighted by Crippen LogP contribution is 2.29. The van der Waals surface area contributed by atoms with Gasteiger partial charge in [-0.2, -0.15) is 4.31 Å². The van der Waals surface area contributed by atoms with Gasteiger partial charge in [0.2, 0.25) is 10.0 Å². The molecule has 1 heterocycles. The number of sulfonamides is 1. The van der Waals surface area contributed by atoms with Crippen molar-refractivity contribution in [2.75, 3.05) is 32.0 Å². The summed E-state index contributed by atoms with van der Waals surface area (Å²) in [5, 5.41) is -0.170. The summed E-state index contributed by atoms with van der Waals surface area (Å²) in [5.41, 5.74) is 5.16. The third-order valence-corrected chi connectivity index (χ3v) is 5.21. The highest BCUT2D eigenvalue weighted by molar-refractivity contribution is 7.89. The number of benzene rings is 1. The van der Waals surface area contributed by atoms with Crippen molar-refractivity contribution in [1.82, 2.24) is 4.31 Å². The number of nitrogen functional groups attached to an aromatic ring is 1. The number of hydrogen-bond donors (Lipinski definition) is 1. The Hall–Kier alpha value is -0.890. The molecule has 0 spiro atoms. The summed E-state index contributed by atoms with van der Waals surface area (Å²) in [6, 6.07) is 1.97. The number of rotatable bonds is 2. The average molecular weight is 309 g/mol. The first-order chi connectivity index (χ1) is 8.93. The molecule has 0 bridgehead atoms. The van der Waals surface area contributed by atoms with E-state index in [9.17, 15) is 12.8 Å². The molecule has 19 heavy (non-hydrogen) atoms. The molecule has 0 unspecified atom stereocenters. The van der Waals surface area contributed by atoms with E-state index in [0.29, 0.717) is 26.2 Å². The Bertz CT molecular complexity index is 572. The summed E-state index contributed by atoms with van der Waals surface area (Å²) >= 11 is 5.81. The number of hydrogen-bond acceptors (Lipinski definition) is 4. The van der Waals surface area contributed by atoms with Crippen LogP contribution in [0.2, 0.25) is 5.02 Å². The van der Waals surface area contributed by atoms with E-state index < -0.39 is 15.8 Å². The van der Waals surface area contributed by atoms with Gasteiger partial charge < -0.3 is 10.5 Å². The molecule has 106 valence electrons. The summed E-state index contributed by atoms with van der Waals surface area (Å²) in [7, 11) is -3.78. The van der Waals surface area contributed by atoms with Gasteiger partial charge in [-0.1, -0.05) is 11.6 Å². The fourth-order valence-corrected chi connectivity index (χ4v) is 3.83. The lowest BCUT2D eigenvalue weighted by molar-refractivity contribution is 0.148. The maximum absolute atomic E-state index is 13.2. The van der Waals surface area contributed by atoms with E-state index in [1.54, 1.807) is 0 Å². The lowest BCUT2D eigenvalue weighted by atomic mass is 10.3. The number of halogens is 2. The van der Waals surface area contributed by atoms with Crippen LogP contribution in [0.1, 0.15) is 6.42 Å². The molecule has 0 saturated carbocycles. The Kier molecular flexibility index (Phi) is 4.29. The summed E-state index contributed by atoms with van der Waals surface area (Å²) in [6.45, 7) is 1.44. The maximum atomic E-state index is 13.2. The molecule has 1 aromatic carbocycles. The standard InChI is InChI=1S/C11H14ClFN2O3S/c12-8-6-9(13)10(14)7-11(8)19(16,17)15-2-1-4-18-5-3-15/h6-7H,1-5,14H2. The Morgan fingerprint density at radius 3 is 2.79 bits per heavy atom. The number of ether oxygens (including phenoxy) is 1. The van der Waals surface area contributed by atoms with Crippen LogP contribution in [0.15, 0.2) is 17.0 Å². The fraction of sp³-hybridized carbons (Fsp3) is 0.455. The normalized spacial score (nSPS) is 18.2. The second-order valence-corrected chi connectivity index (χ2v) is 6.49. The molecule has 8 heteroatoms. The summed E-state index contributed by atoms with van der Waals surface area (Å²) < 4.78 is 44.6. The van der Waals surface area contributed by atoms with Crippen LogP contribution in [0.25, 0.3) is 0 Å². The lowest BCUT2D eigenvalue weighted by Crippen LogP contribution is -2.33. The maximum Gasteiger partial charge on any atom is 0.244 e. The molecule has 5 nitrogen and oxygen atoms in total. The third-order valence-electron chi connectivity index (χ3n) is 2.85. The molecule has 1 aliphatic heterocycles. The van der Waals surface area contributed by atoms with Crippen LogP contribution in [0.3, 0.4) is 0 Å². The van der Waals surface area contributed by atoms with Crippen LogP contribution in [-0.2, 0) is 14.8 Å². The minimum absolute atomic E-state index is 0.170. The molecule has 0 amide bonds. The molecule has 2 rings (SSSR count). The zero-order valence-electron chi connectivity index (χ0n) is 10.1. The quantitative estimate of drug-likeness (QED) is 0.840. The van der Waals surface area contributed by atoms with Crippen molar-refractivity contribution in [1.29, 1.82) is 0 Å². The zero-order chi connectivity index (χ0) is 14.0. The van der Waals surface area contributed by atoms with E-state index in [0.717, 1.165) is 12.1 Å². The summed E-state index contributed by atoms with van der Waals surface area (Å²) in [5.74, 6) is -0.733. The molecular formula is C11H14ClFN2O3S. The minimum Gasteiger partial charge on any atom is -0.396 e. The molecule has 1 saturated heterocycles. The van der Waals surface area contributed by atoms with Crippen molar-refractivity contribution in [2.45, 2.75) is 11.3 Å². The van der Waals surface area contributed by atoms with E-state index in [1.165, 1.54) is 4.31 Å². The smallest absolute Gasteiger partial charge is 0.244 e. The first kappa shape index (κ1) is 14.5. The molecule has 1 aromatic rings. The molecular weight excluding hydrogens is 295 g/mol. The average Bonchev–Trinajstić information content (AvgIpc) is 2.62. The van der Waals surface area contributed by atoms with Gasteiger partial charge in [0, 0.05) is 19.7 Å². The van der Waals surface area contributed by atoms with Gasteiger partial charge in [0.25, 0.3) is 0 Å². The molecule has 1 aliphatic rings. The highest BCUT2D eigenvalue weighted by Gasteiger charge is 2.28. The Labute approximate surface area is 116 Å². The monoisotopic (exact) mass is 308 g/mol. The fourth-order valence-electron chi connectivity index (χ4n) is 1.85. The van der Waals surface area contributed by atoms with Crippen LogP contribution in [0.5, 0.6) is 0 Å². The Morgan fingerprint density at radius 2 is 2.05 bits per heavy atom. The predicted molar refractivity (Wildman–Crippen MR) is 70.0 cm³/mol. The van der Waals surface area contributed by atoms with Gasteiger partial charge in [-0.05, 0) is 18.6 Å². The van der Waals surface area contributed by atoms with Gasteiger partial charge in [0.05, 0.1) is 17.3 Å². The molecule has 2 N–H and O–H groups in total. The van der Waals surface area contributed by atoms with Crippen molar-refractivity contribution in [3.8, 4) is 0 Å². The van der Waals surface area contributed by atoms with Crippen LogP contribution >= 0.6 is 11.6 Å². The Morgan fingerprint density at radius 1 is 1.32 bits per heavy atom. The number of nitrogens with zero attached hydrogens (tertiary/aromatic N) is 1. The van der Waals surface area contributed by atoms with Gasteiger partial charge in [0.1, 0.15) is 10.7 Å². The van der Waals surface area contributed by atoms with Crippen molar-refractivity contribution >= 4 is 27.3 Å². The summed E-state index contributed by atoms with van der Waals surface area (Å²) in [4.78, 5) is -0.171. The van der Waals surface area contributed by atoms with E-state index in [1.807, 2.05) is 0 Å². The van der Waals surface area contributed by atoms with E-state index in [4.69, 9.17) is 22.1 Å². The van der Waals surface area contributed by atoms with E-state index in [2.05, 4.69) is 0 Å². The molecule has 0 radical (unpaired) electrons. The van der Waals surface area contributed by atoms with Crippen LogP contribution < -0.4 is 5.73 Å². The van der Waals surface area contributed by atoms with Crippen molar-refractivity contribution in [3.05, 3.63) is 23.0 Å². The first-order valence-corrected chi connectivity index (χ1v) is 7.57. The van der Waals surface area contributed by atoms with Crippen molar-refractivity contribution in [3.63, 3.8) is 0 Å². The van der Waals surface area contributed by atoms with Gasteiger partial charge >= 0.3 is 0 Å². The largest absolute Gasteiger partial charge is 0.396 e. The third kappa shape index (κ3) is 3.00. The van der Waals surface area contributed by atoms with E-state index >= 15 is 0 Å². The zero-order valence-corrected chi connectivity index (χ0v) is 11.7. The number of anilines is 1. The second-order valence-electron chi connectivity index (χ2n) is 4.17. The predicted octanol–water partition coefficient (Wildman–Crippen LogP) is 1.47. The molecule has 0 atom stereocenters. The van der Waals surface area contributed by atoms with Gasteiger partial charge in [-0.15, -0.1) is 0 Å². The lowest BCUT2D eigenvalue weighted by Gasteiger charge is -2.20. The SMILES string of the molecule is Nc1cc(S(=O)(=O)N2CCCOCC2)c(Cl)cc1F. The van der Waals surface area contributed by atoms with Crippen LogP contribution in [0, 0.1) is 5.82 Å². The molecule has 0 aromatic heterocycles. The van der Waals surface area contributed by atoms with Gasteiger partial charge in [0.15, 0.2) is 0 Å². The molecule has 0 aliphatic carbocycles. The van der Waals surface area contributed by atoms with Crippen LogP contribution in [0.4, 0.5) is 10.1 Å². The first-order valence-electron chi connectivity index (χ1n) is 5.75. The van der Waals surface area contributed by atoms with Gasteiger partial charge in [-0.25, -0.2) is 12.8 Å². The topological polar surface area (TPSA) is 72.6 Å². The minimum atomic E-state index is -3.78. The van der Waals surface area contributed by atoms with Gasteiger partial charge in [-0.3, -0.25) is 0 Å². The number of nitrogens with two attached hydrogens (primary N) is 1. The summed E-state index contributed by atoms with van der Waals surface area (Å²) in [6.07, 6.45) is 0.605. The van der Waals surface area contributed by atoms with E-state index in [-0.39, 0.29) is 22.2 Å². The van der Waals surface area contributed by atoms with Crippen LogP contribution in [-0.4, -0.2) is 39.0 Å². The van der Waals surface area contributed by atoms with Crippen molar-refractivity contribution < 1.29 is 17.5 Å².